The number of hydrogen-bond donors (Lipinski definition) is 2. The second kappa shape index (κ2) is 9.63. The van der Waals surface area contributed by atoms with Crippen LogP contribution in [0.1, 0.15) is 18.5 Å². The highest BCUT2D eigenvalue weighted by Gasteiger charge is 2.15. The number of benzene rings is 1. The van der Waals surface area contributed by atoms with E-state index in [9.17, 15) is 14.0 Å². The molecule has 27 heavy (non-hydrogen) atoms. The van der Waals surface area contributed by atoms with E-state index in [1.807, 2.05) is 13.2 Å². The molecular formula is C19H22FN3O4. The second-order valence-corrected chi connectivity index (χ2v) is 6.13. The number of halogens is 1. The van der Waals surface area contributed by atoms with Crippen LogP contribution in [0.2, 0.25) is 0 Å². The summed E-state index contributed by atoms with van der Waals surface area (Å²) in [7, 11) is 2.02. The number of aliphatic carboxylic acids is 2. The van der Waals surface area contributed by atoms with E-state index in [1.54, 1.807) is 12.1 Å². The van der Waals surface area contributed by atoms with Crippen molar-refractivity contribution in [3.05, 3.63) is 54.1 Å². The number of aromatic nitrogens is 2. The second-order valence-electron chi connectivity index (χ2n) is 6.13. The normalized spacial score (nSPS) is 14.1. The summed E-state index contributed by atoms with van der Waals surface area (Å²) in [4.78, 5) is 26.0. The highest BCUT2D eigenvalue weighted by molar-refractivity contribution is 5.89. The van der Waals surface area contributed by atoms with E-state index >= 15 is 0 Å². The molecule has 0 amide bonds. The van der Waals surface area contributed by atoms with Gasteiger partial charge in [-0.1, -0.05) is 0 Å². The number of carboxylic acid groups (broad SMARTS) is 2. The Balaban J connectivity index is 0.000000279. The molecule has 8 heteroatoms. The maximum absolute atomic E-state index is 12.9. The average Bonchev–Trinajstić information content (AvgIpc) is 3.26. The molecule has 3 rings (SSSR count). The van der Waals surface area contributed by atoms with Gasteiger partial charge in [0.15, 0.2) is 0 Å². The zero-order valence-electron chi connectivity index (χ0n) is 15.0. The van der Waals surface area contributed by atoms with Gasteiger partial charge in [-0.2, -0.15) is 0 Å². The molecule has 1 fully saturated rings. The number of hydrogen-bond acceptors (Lipinski definition) is 4. The predicted molar refractivity (Wildman–Crippen MR) is 97.5 cm³/mol. The Morgan fingerprint density at radius 2 is 1.67 bits per heavy atom. The van der Waals surface area contributed by atoms with Gasteiger partial charge in [0.05, 0.1) is 11.9 Å². The van der Waals surface area contributed by atoms with Gasteiger partial charge in [-0.05, 0) is 50.2 Å². The molecule has 1 aliphatic heterocycles. The van der Waals surface area contributed by atoms with Gasteiger partial charge in [0, 0.05) is 31.3 Å². The van der Waals surface area contributed by atoms with Crippen LogP contribution in [0.5, 0.6) is 0 Å². The Hall–Kier alpha value is -3.00. The summed E-state index contributed by atoms with van der Waals surface area (Å²) >= 11 is 0. The van der Waals surface area contributed by atoms with Gasteiger partial charge in [-0.15, -0.1) is 0 Å². The lowest BCUT2D eigenvalue weighted by molar-refractivity contribution is -0.134. The summed E-state index contributed by atoms with van der Waals surface area (Å²) in [5, 5.41) is 15.6. The number of nitrogens with zero attached hydrogens (tertiary/aromatic N) is 3. The van der Waals surface area contributed by atoms with E-state index in [0.717, 1.165) is 17.9 Å². The van der Waals surface area contributed by atoms with Gasteiger partial charge in [0.1, 0.15) is 11.6 Å². The molecule has 0 aliphatic carbocycles. The zero-order chi connectivity index (χ0) is 19.8. The SMILES string of the molecule is Cn1c(CN2CCCC2)cnc1-c1ccc(F)cc1.O=C(O)/C=C/C(=O)O. The summed E-state index contributed by atoms with van der Waals surface area (Å²) in [6, 6.07) is 6.50. The molecule has 0 radical (unpaired) electrons. The van der Waals surface area contributed by atoms with Crippen molar-refractivity contribution in [2.24, 2.45) is 7.05 Å². The summed E-state index contributed by atoms with van der Waals surface area (Å²) in [6.45, 7) is 3.30. The minimum atomic E-state index is -1.26. The molecule has 0 atom stereocenters. The number of likely N-dealkylation sites (tertiary alicyclic amines) is 1. The Bertz CT molecular complexity index is 793. The summed E-state index contributed by atoms with van der Waals surface area (Å²) < 4.78 is 15.0. The van der Waals surface area contributed by atoms with Crippen molar-refractivity contribution in [2.45, 2.75) is 19.4 Å². The van der Waals surface area contributed by atoms with Crippen molar-refractivity contribution < 1.29 is 24.2 Å². The van der Waals surface area contributed by atoms with Crippen molar-refractivity contribution >= 4 is 11.9 Å². The molecule has 1 aliphatic rings. The van der Waals surface area contributed by atoms with E-state index in [0.29, 0.717) is 12.2 Å². The Labute approximate surface area is 156 Å². The molecule has 7 nitrogen and oxygen atoms in total. The number of carboxylic acids is 2. The molecular weight excluding hydrogens is 353 g/mol. The fourth-order valence-corrected chi connectivity index (χ4v) is 2.77. The molecule has 0 bridgehead atoms. The maximum atomic E-state index is 12.9. The van der Waals surface area contributed by atoms with Crippen LogP contribution in [0.4, 0.5) is 4.39 Å². The first-order valence-electron chi connectivity index (χ1n) is 8.49. The number of rotatable bonds is 5. The third-order valence-corrected chi connectivity index (χ3v) is 4.14. The van der Waals surface area contributed by atoms with Gasteiger partial charge in [-0.3, -0.25) is 4.90 Å². The van der Waals surface area contributed by atoms with Crippen molar-refractivity contribution in [2.75, 3.05) is 13.1 Å². The van der Waals surface area contributed by atoms with Crippen LogP contribution >= 0.6 is 0 Å². The van der Waals surface area contributed by atoms with E-state index in [1.165, 1.54) is 43.8 Å². The largest absolute Gasteiger partial charge is 0.478 e. The molecule has 1 aromatic heterocycles. The van der Waals surface area contributed by atoms with E-state index in [2.05, 4.69) is 14.5 Å². The zero-order valence-corrected chi connectivity index (χ0v) is 15.0. The first-order valence-corrected chi connectivity index (χ1v) is 8.49. The fraction of sp³-hybridized carbons (Fsp3) is 0.316. The van der Waals surface area contributed by atoms with Crippen LogP contribution in [-0.2, 0) is 23.2 Å². The third kappa shape index (κ3) is 6.34. The summed E-state index contributed by atoms with van der Waals surface area (Å²) in [5.74, 6) is -1.83. The lowest BCUT2D eigenvalue weighted by Gasteiger charge is -2.15. The fourth-order valence-electron chi connectivity index (χ4n) is 2.77. The number of imidazole rings is 1. The molecule has 0 saturated carbocycles. The number of carbonyl (C=O) groups is 2. The lowest BCUT2D eigenvalue weighted by atomic mass is 10.2. The molecule has 1 saturated heterocycles. The molecule has 2 aromatic rings. The third-order valence-electron chi connectivity index (χ3n) is 4.14. The van der Waals surface area contributed by atoms with Gasteiger partial charge in [0.25, 0.3) is 0 Å². The van der Waals surface area contributed by atoms with Gasteiger partial charge < -0.3 is 14.8 Å². The van der Waals surface area contributed by atoms with Crippen LogP contribution in [0.15, 0.2) is 42.6 Å². The van der Waals surface area contributed by atoms with E-state index in [4.69, 9.17) is 10.2 Å². The predicted octanol–water partition coefficient (Wildman–Crippen LogP) is 2.53. The van der Waals surface area contributed by atoms with Crippen molar-refractivity contribution in [1.82, 2.24) is 14.5 Å². The molecule has 2 heterocycles. The lowest BCUT2D eigenvalue weighted by Crippen LogP contribution is -2.20. The Morgan fingerprint density at radius 1 is 1.11 bits per heavy atom. The van der Waals surface area contributed by atoms with E-state index in [-0.39, 0.29) is 5.82 Å². The molecule has 144 valence electrons. The molecule has 0 unspecified atom stereocenters. The molecule has 2 N–H and O–H groups in total. The van der Waals surface area contributed by atoms with Gasteiger partial charge in [0.2, 0.25) is 0 Å². The van der Waals surface area contributed by atoms with Crippen LogP contribution in [0, 0.1) is 5.82 Å². The summed E-state index contributed by atoms with van der Waals surface area (Å²) in [5.41, 5.74) is 2.16. The topological polar surface area (TPSA) is 95.7 Å². The quantitative estimate of drug-likeness (QED) is 0.780. The van der Waals surface area contributed by atoms with E-state index < -0.39 is 11.9 Å². The first kappa shape index (κ1) is 20.3. The smallest absolute Gasteiger partial charge is 0.328 e. The van der Waals surface area contributed by atoms with Crippen LogP contribution in [-0.4, -0.2) is 49.7 Å². The Morgan fingerprint density at radius 3 is 2.19 bits per heavy atom. The first-order chi connectivity index (χ1) is 12.9. The van der Waals surface area contributed by atoms with Gasteiger partial charge >= 0.3 is 11.9 Å². The van der Waals surface area contributed by atoms with Crippen LogP contribution in [0.3, 0.4) is 0 Å². The minimum Gasteiger partial charge on any atom is -0.478 e. The van der Waals surface area contributed by atoms with Crippen molar-refractivity contribution in [3.63, 3.8) is 0 Å². The van der Waals surface area contributed by atoms with Crippen molar-refractivity contribution in [3.8, 4) is 11.4 Å². The highest BCUT2D eigenvalue weighted by Crippen LogP contribution is 2.20. The van der Waals surface area contributed by atoms with Crippen LogP contribution < -0.4 is 0 Å². The summed E-state index contributed by atoms with van der Waals surface area (Å²) in [6.07, 6.45) is 5.63. The van der Waals surface area contributed by atoms with Gasteiger partial charge in [-0.25, -0.2) is 19.0 Å². The standard InChI is InChI=1S/C15H18FN3.C4H4O4/c1-18-14(11-19-8-2-3-9-19)10-17-15(18)12-4-6-13(16)7-5-12;5-3(6)1-2-4(7)8/h4-7,10H,2-3,8-9,11H2,1H3;1-2H,(H,5,6)(H,7,8)/b;2-1+. The minimum absolute atomic E-state index is 0.213. The molecule has 1 aromatic carbocycles. The highest BCUT2D eigenvalue weighted by atomic mass is 19.1. The monoisotopic (exact) mass is 375 g/mol. The van der Waals surface area contributed by atoms with Crippen molar-refractivity contribution in [1.29, 1.82) is 0 Å². The molecule has 0 spiro atoms. The van der Waals surface area contributed by atoms with Crippen LogP contribution in [0.25, 0.3) is 11.4 Å². The Kier molecular flexibility index (Phi) is 7.25. The maximum Gasteiger partial charge on any atom is 0.328 e. The average molecular weight is 375 g/mol.